The number of nitrogens with zero attached hydrogens (tertiary/aromatic N) is 4. The molecular formula is C40H46N8O2. The Morgan fingerprint density at radius 2 is 0.780 bits per heavy atom. The third-order valence-corrected chi connectivity index (χ3v) is 8.97. The lowest BCUT2D eigenvalue weighted by atomic mass is 10.1. The highest BCUT2D eigenvalue weighted by molar-refractivity contribution is 6.07. The van der Waals surface area contributed by atoms with Crippen molar-refractivity contribution in [3.63, 3.8) is 0 Å². The Morgan fingerprint density at radius 3 is 1.18 bits per heavy atom. The number of aryl methyl sites for hydroxylation is 2. The second-order valence-corrected chi connectivity index (χ2v) is 12.8. The van der Waals surface area contributed by atoms with Gasteiger partial charge in [-0.25, -0.2) is 19.9 Å². The van der Waals surface area contributed by atoms with Crippen molar-refractivity contribution in [3.05, 3.63) is 95.1 Å². The molecule has 10 nitrogen and oxygen atoms in total. The molecule has 0 aliphatic carbocycles. The molecule has 258 valence electrons. The second-order valence-electron chi connectivity index (χ2n) is 12.8. The number of aromatic nitrogens is 4. The molecule has 2 aromatic heterocycles. The predicted octanol–water partition coefficient (Wildman–Crippen LogP) is 6.18. The minimum absolute atomic E-state index is 0.108. The Kier molecular flexibility index (Phi) is 11.9. The minimum atomic E-state index is -0.108. The maximum absolute atomic E-state index is 13.0. The number of para-hydroxylation sites is 4. The quantitative estimate of drug-likeness (QED) is 0.0669. The highest BCUT2D eigenvalue weighted by Gasteiger charge is 2.15. The summed E-state index contributed by atoms with van der Waals surface area (Å²) >= 11 is 0. The molecule has 10 heteroatoms. The Hall–Kier alpha value is -5.06. The number of hydrogen-bond acceptors (Lipinski definition) is 8. The van der Waals surface area contributed by atoms with E-state index >= 15 is 0 Å². The summed E-state index contributed by atoms with van der Waals surface area (Å²) in [5.74, 6) is -0.216. The van der Waals surface area contributed by atoms with Gasteiger partial charge >= 0.3 is 0 Å². The van der Waals surface area contributed by atoms with Crippen molar-refractivity contribution >= 4 is 55.9 Å². The number of fused-ring (bicyclic) bond motifs is 4. The first-order valence-corrected chi connectivity index (χ1v) is 17.8. The van der Waals surface area contributed by atoms with E-state index in [1.165, 1.54) is 0 Å². The lowest BCUT2D eigenvalue weighted by Crippen LogP contribution is -2.26. The van der Waals surface area contributed by atoms with Crippen molar-refractivity contribution < 1.29 is 9.59 Å². The molecule has 0 spiro atoms. The number of amides is 2. The highest BCUT2D eigenvalue weighted by Crippen LogP contribution is 2.23. The van der Waals surface area contributed by atoms with Gasteiger partial charge in [0.05, 0.1) is 44.2 Å². The van der Waals surface area contributed by atoms with Crippen molar-refractivity contribution in [1.82, 2.24) is 41.2 Å². The summed E-state index contributed by atoms with van der Waals surface area (Å²) < 4.78 is 0. The first-order chi connectivity index (χ1) is 24.5. The average Bonchev–Trinajstić information content (AvgIpc) is 3.13. The Labute approximate surface area is 292 Å². The third-order valence-electron chi connectivity index (χ3n) is 8.97. The summed E-state index contributed by atoms with van der Waals surface area (Å²) in [7, 11) is 0. The van der Waals surface area contributed by atoms with Crippen molar-refractivity contribution in [1.29, 1.82) is 0 Å². The largest absolute Gasteiger partial charge is 0.352 e. The molecule has 0 unspecified atom stereocenters. The number of unbranched alkanes of at least 4 members (excludes halogenated alkanes) is 3. The van der Waals surface area contributed by atoms with Gasteiger partial charge in [-0.2, -0.15) is 0 Å². The van der Waals surface area contributed by atoms with Crippen LogP contribution in [-0.4, -0.2) is 71.0 Å². The van der Waals surface area contributed by atoms with Crippen LogP contribution in [0.25, 0.3) is 44.1 Å². The highest BCUT2D eigenvalue weighted by atomic mass is 16.2. The van der Waals surface area contributed by atoms with Crippen LogP contribution in [0.1, 0.15) is 70.4 Å². The van der Waals surface area contributed by atoms with Crippen molar-refractivity contribution in [2.24, 2.45) is 0 Å². The summed E-state index contributed by atoms with van der Waals surface area (Å²) in [5, 5.41) is 13.1. The van der Waals surface area contributed by atoms with E-state index in [0.29, 0.717) is 35.2 Å². The number of carbonyl (C=O) groups excluding carboxylic acids is 2. The molecule has 0 aliphatic heterocycles. The normalized spacial score (nSPS) is 11.5. The van der Waals surface area contributed by atoms with E-state index in [9.17, 15) is 9.59 Å². The van der Waals surface area contributed by atoms with Gasteiger partial charge < -0.3 is 21.3 Å². The van der Waals surface area contributed by atoms with Crippen LogP contribution in [0.5, 0.6) is 0 Å². The van der Waals surface area contributed by atoms with E-state index < -0.39 is 0 Å². The van der Waals surface area contributed by atoms with Crippen LogP contribution in [0.4, 0.5) is 0 Å². The Balaban J connectivity index is 0.787. The van der Waals surface area contributed by atoms with Crippen molar-refractivity contribution in [2.45, 2.75) is 52.4 Å². The molecule has 0 aliphatic rings. The third kappa shape index (κ3) is 8.56. The fourth-order valence-corrected chi connectivity index (χ4v) is 6.18. The Bertz CT molecular complexity index is 1960. The number of hydrogen-bond donors (Lipinski definition) is 4. The summed E-state index contributed by atoms with van der Waals surface area (Å²) in [5.41, 5.74) is 9.31. The van der Waals surface area contributed by atoms with E-state index in [1.807, 2.05) is 86.6 Å². The van der Waals surface area contributed by atoms with Crippen LogP contribution >= 0.6 is 0 Å². The van der Waals surface area contributed by atoms with Gasteiger partial charge in [0.1, 0.15) is 11.0 Å². The molecule has 0 saturated heterocycles. The summed E-state index contributed by atoms with van der Waals surface area (Å²) in [6.45, 7) is 9.10. The molecule has 6 rings (SSSR count). The van der Waals surface area contributed by atoms with Crippen LogP contribution in [-0.2, 0) is 0 Å². The van der Waals surface area contributed by atoms with Crippen molar-refractivity contribution in [3.8, 4) is 0 Å². The molecule has 4 aromatic carbocycles. The molecule has 0 radical (unpaired) electrons. The molecule has 0 atom stereocenters. The monoisotopic (exact) mass is 670 g/mol. The maximum Gasteiger partial charge on any atom is 0.253 e. The van der Waals surface area contributed by atoms with Crippen molar-refractivity contribution in [2.75, 3.05) is 39.3 Å². The molecule has 0 fully saturated rings. The molecule has 2 amide bonds. The van der Waals surface area contributed by atoms with Gasteiger partial charge in [0.2, 0.25) is 0 Å². The lowest BCUT2D eigenvalue weighted by molar-refractivity contribution is 0.0946. The molecule has 50 heavy (non-hydrogen) atoms. The first kappa shape index (κ1) is 34.8. The number of benzene rings is 4. The average molecular weight is 671 g/mol. The maximum atomic E-state index is 13.0. The zero-order valence-electron chi connectivity index (χ0n) is 29.0. The first-order valence-electron chi connectivity index (χ1n) is 17.8. The van der Waals surface area contributed by atoms with Gasteiger partial charge in [-0.3, -0.25) is 9.59 Å². The van der Waals surface area contributed by atoms with Gasteiger partial charge in [-0.1, -0.05) is 36.4 Å². The summed E-state index contributed by atoms with van der Waals surface area (Å²) in [4.78, 5) is 44.9. The van der Waals surface area contributed by atoms with Crippen LogP contribution in [0.15, 0.2) is 72.8 Å². The zero-order valence-corrected chi connectivity index (χ0v) is 29.0. The summed E-state index contributed by atoms with van der Waals surface area (Å²) in [6, 6.07) is 23.0. The second kappa shape index (κ2) is 17.0. The SMILES string of the molecule is Cc1cccc2nc3cccc(C(=O)NCCCCNCCCCNCCCCNC(=O)c4cccc5nc6cccc(C)c6nc45)c3nc12. The van der Waals surface area contributed by atoms with E-state index in [2.05, 4.69) is 21.3 Å². The van der Waals surface area contributed by atoms with Crippen LogP contribution in [0.3, 0.4) is 0 Å². The standard InChI is InChI=1S/C40H46N8O2/c1-27-13-9-17-31-35(27)47-37-29(15-11-19-33(37)45-31)39(49)43-25-7-5-23-41-21-3-4-22-42-24-6-8-26-44-40(50)30-16-12-20-34-38(30)48-36-28(2)14-10-18-32(36)46-34/h9-20,41-42H,3-8,21-26H2,1-2H3,(H,43,49)(H,44,50). The zero-order chi connectivity index (χ0) is 34.7. The number of carbonyl (C=O) groups is 2. The topological polar surface area (TPSA) is 134 Å². The molecule has 2 heterocycles. The van der Waals surface area contributed by atoms with Gasteiger partial charge in [0.15, 0.2) is 0 Å². The number of nitrogens with one attached hydrogen (secondary N) is 4. The molecule has 0 saturated carbocycles. The molecule has 6 aromatic rings. The fourth-order valence-electron chi connectivity index (χ4n) is 6.18. The van der Waals surface area contributed by atoms with E-state index in [1.54, 1.807) is 0 Å². The molecule has 4 N–H and O–H groups in total. The van der Waals surface area contributed by atoms with E-state index in [4.69, 9.17) is 19.9 Å². The fraction of sp³-hybridized carbons (Fsp3) is 0.350. The van der Waals surface area contributed by atoms with Crippen LogP contribution in [0, 0.1) is 13.8 Å². The number of rotatable bonds is 17. The Morgan fingerprint density at radius 1 is 0.440 bits per heavy atom. The van der Waals surface area contributed by atoms with E-state index in [-0.39, 0.29) is 11.8 Å². The minimum Gasteiger partial charge on any atom is -0.352 e. The van der Waals surface area contributed by atoms with Gasteiger partial charge in [0.25, 0.3) is 11.8 Å². The molecule has 0 bridgehead atoms. The van der Waals surface area contributed by atoms with Gasteiger partial charge in [-0.05, 0) is 126 Å². The molecular weight excluding hydrogens is 624 g/mol. The van der Waals surface area contributed by atoms with Crippen LogP contribution in [0.2, 0.25) is 0 Å². The van der Waals surface area contributed by atoms with Gasteiger partial charge in [-0.15, -0.1) is 0 Å². The van der Waals surface area contributed by atoms with E-state index in [0.717, 1.165) is 109 Å². The van der Waals surface area contributed by atoms with Gasteiger partial charge in [0, 0.05) is 13.1 Å². The summed E-state index contributed by atoms with van der Waals surface area (Å²) in [6.07, 6.45) is 6.04. The lowest BCUT2D eigenvalue weighted by Gasteiger charge is -2.10. The van der Waals surface area contributed by atoms with Crippen LogP contribution < -0.4 is 21.3 Å². The smallest absolute Gasteiger partial charge is 0.253 e. The predicted molar refractivity (Wildman–Crippen MR) is 202 cm³/mol.